The molecule has 3 rings (SSSR count). The lowest BCUT2D eigenvalue weighted by molar-refractivity contribution is -0.385. The zero-order valence-electron chi connectivity index (χ0n) is 16.3. The number of hydrogen-bond acceptors (Lipinski definition) is 6. The minimum Gasteiger partial charge on any atom is -0.493 e. The lowest BCUT2D eigenvalue weighted by Gasteiger charge is -2.34. The number of rotatable bonds is 7. The van der Waals surface area contributed by atoms with Crippen molar-refractivity contribution in [2.75, 3.05) is 33.3 Å². The molecule has 0 aliphatic carbocycles. The van der Waals surface area contributed by atoms with Crippen LogP contribution in [0.15, 0.2) is 42.5 Å². The number of carbonyl (C=O) groups excluding carboxylic acids is 1. The molecule has 1 amide bonds. The Morgan fingerprint density at radius 3 is 2.37 bits per heavy atom. The lowest BCUT2D eigenvalue weighted by atomic mass is 10.1. The van der Waals surface area contributed by atoms with Crippen LogP contribution in [0.5, 0.6) is 11.5 Å². The smallest absolute Gasteiger partial charge is 0.387 e. The third-order valence-corrected chi connectivity index (χ3v) is 4.85. The van der Waals surface area contributed by atoms with Crippen molar-refractivity contribution in [3.05, 3.63) is 63.7 Å². The fraction of sp³-hybridized carbons (Fsp3) is 0.350. The average Bonchev–Trinajstić information content (AvgIpc) is 2.74. The van der Waals surface area contributed by atoms with E-state index in [1.165, 1.54) is 13.2 Å². The second-order valence-corrected chi connectivity index (χ2v) is 6.70. The Hall–Kier alpha value is -3.27. The minimum atomic E-state index is -3.13. The normalized spacial score (nSPS) is 14.6. The molecular formula is C20H21F2N3O5. The molecule has 0 saturated carbocycles. The van der Waals surface area contributed by atoms with Crippen molar-refractivity contribution in [1.82, 2.24) is 9.80 Å². The van der Waals surface area contributed by atoms with E-state index in [-0.39, 0.29) is 29.6 Å². The Morgan fingerprint density at radius 1 is 1.13 bits per heavy atom. The van der Waals surface area contributed by atoms with E-state index in [1.807, 2.05) is 11.0 Å². The molecule has 0 radical (unpaired) electrons. The van der Waals surface area contributed by atoms with Gasteiger partial charge in [0.2, 0.25) is 0 Å². The monoisotopic (exact) mass is 421 g/mol. The molecule has 0 N–H and O–H groups in total. The Labute approximate surface area is 171 Å². The predicted molar refractivity (Wildman–Crippen MR) is 104 cm³/mol. The standard InChI is InChI=1S/C20H21F2N3O5/c1-29-17-11-15(16(25(27)28)12-18(17)30-20(21)22)13-23-7-9-24(10-8-23)19(26)14-5-3-2-4-6-14/h2-6,11-12,20H,7-10,13H2,1H3. The SMILES string of the molecule is COc1cc(CN2CCN(C(=O)c3ccccc3)CC2)c([N+](=O)[O-])cc1OC(F)F. The fourth-order valence-corrected chi connectivity index (χ4v) is 3.35. The number of nitro groups is 1. The van der Waals surface area contributed by atoms with E-state index >= 15 is 0 Å². The third-order valence-electron chi connectivity index (χ3n) is 4.85. The lowest BCUT2D eigenvalue weighted by Crippen LogP contribution is -2.48. The van der Waals surface area contributed by atoms with Crippen LogP contribution in [0.25, 0.3) is 0 Å². The topological polar surface area (TPSA) is 85.2 Å². The van der Waals surface area contributed by atoms with Crippen LogP contribution in [0.4, 0.5) is 14.5 Å². The molecule has 0 aromatic heterocycles. The van der Waals surface area contributed by atoms with Gasteiger partial charge in [0, 0.05) is 43.9 Å². The molecule has 1 saturated heterocycles. The van der Waals surface area contributed by atoms with E-state index in [0.29, 0.717) is 37.3 Å². The molecule has 1 aliphatic rings. The van der Waals surface area contributed by atoms with Crippen molar-refractivity contribution in [3.8, 4) is 11.5 Å². The van der Waals surface area contributed by atoms with Gasteiger partial charge >= 0.3 is 6.61 Å². The number of alkyl halides is 2. The Morgan fingerprint density at radius 2 is 1.80 bits per heavy atom. The second-order valence-electron chi connectivity index (χ2n) is 6.70. The molecule has 0 spiro atoms. The maximum absolute atomic E-state index is 12.6. The first-order valence-corrected chi connectivity index (χ1v) is 9.26. The highest BCUT2D eigenvalue weighted by Gasteiger charge is 2.26. The predicted octanol–water partition coefficient (Wildman–Crippen LogP) is 3.16. The minimum absolute atomic E-state index is 0.00575. The second kappa shape index (κ2) is 9.49. The molecule has 1 fully saturated rings. The quantitative estimate of drug-likeness (QED) is 0.504. The van der Waals surface area contributed by atoms with Gasteiger partial charge in [-0.2, -0.15) is 8.78 Å². The number of halogens is 2. The molecule has 8 nitrogen and oxygen atoms in total. The van der Waals surface area contributed by atoms with Gasteiger partial charge in [0.15, 0.2) is 11.5 Å². The fourth-order valence-electron chi connectivity index (χ4n) is 3.35. The van der Waals surface area contributed by atoms with Crippen LogP contribution >= 0.6 is 0 Å². The van der Waals surface area contributed by atoms with Crippen LogP contribution < -0.4 is 9.47 Å². The van der Waals surface area contributed by atoms with Crippen molar-refractivity contribution < 1.29 is 28.0 Å². The van der Waals surface area contributed by atoms with Crippen molar-refractivity contribution in [1.29, 1.82) is 0 Å². The van der Waals surface area contributed by atoms with Crippen molar-refractivity contribution in [2.24, 2.45) is 0 Å². The summed E-state index contributed by atoms with van der Waals surface area (Å²) < 4.78 is 34.5. The largest absolute Gasteiger partial charge is 0.493 e. The van der Waals surface area contributed by atoms with Crippen molar-refractivity contribution in [2.45, 2.75) is 13.2 Å². The van der Waals surface area contributed by atoms with Gasteiger partial charge in [-0.25, -0.2) is 0 Å². The summed E-state index contributed by atoms with van der Waals surface area (Å²) in [6.07, 6.45) is 0. The van der Waals surface area contributed by atoms with E-state index in [9.17, 15) is 23.7 Å². The average molecular weight is 421 g/mol. The number of methoxy groups -OCH3 is 1. The van der Waals surface area contributed by atoms with Gasteiger partial charge in [-0.1, -0.05) is 18.2 Å². The number of piperazine rings is 1. The summed E-state index contributed by atoms with van der Waals surface area (Å²) in [4.78, 5) is 27.1. The maximum atomic E-state index is 12.6. The van der Waals surface area contributed by atoms with Crippen LogP contribution in [-0.2, 0) is 6.54 Å². The number of nitrogens with zero attached hydrogens (tertiary/aromatic N) is 3. The summed E-state index contributed by atoms with van der Waals surface area (Å²) in [5, 5.41) is 11.4. The molecule has 1 heterocycles. The molecule has 30 heavy (non-hydrogen) atoms. The van der Waals surface area contributed by atoms with Crippen molar-refractivity contribution in [3.63, 3.8) is 0 Å². The Kier molecular flexibility index (Phi) is 6.78. The van der Waals surface area contributed by atoms with E-state index in [0.717, 1.165) is 6.07 Å². The summed E-state index contributed by atoms with van der Waals surface area (Å²) in [7, 11) is 1.28. The summed E-state index contributed by atoms with van der Waals surface area (Å²) >= 11 is 0. The maximum Gasteiger partial charge on any atom is 0.387 e. The molecule has 0 bridgehead atoms. The van der Waals surface area contributed by atoms with Crippen LogP contribution in [0.2, 0.25) is 0 Å². The van der Waals surface area contributed by atoms with E-state index in [1.54, 1.807) is 29.2 Å². The number of nitro benzene ring substituents is 1. The molecular weight excluding hydrogens is 400 g/mol. The molecule has 160 valence electrons. The highest BCUT2D eigenvalue weighted by atomic mass is 19.3. The van der Waals surface area contributed by atoms with Gasteiger partial charge < -0.3 is 14.4 Å². The molecule has 10 heteroatoms. The first-order chi connectivity index (χ1) is 14.4. The zero-order chi connectivity index (χ0) is 21.7. The van der Waals surface area contributed by atoms with E-state index in [4.69, 9.17) is 4.74 Å². The van der Waals surface area contributed by atoms with Crippen LogP contribution in [0.3, 0.4) is 0 Å². The highest BCUT2D eigenvalue weighted by molar-refractivity contribution is 5.94. The third kappa shape index (κ3) is 5.01. The van der Waals surface area contributed by atoms with Gasteiger partial charge in [0.05, 0.1) is 18.1 Å². The molecule has 1 aliphatic heterocycles. The van der Waals surface area contributed by atoms with Gasteiger partial charge in [-0.05, 0) is 18.2 Å². The number of benzene rings is 2. The molecule has 2 aromatic rings. The Bertz CT molecular complexity index is 903. The van der Waals surface area contributed by atoms with Crippen LogP contribution in [0, 0.1) is 10.1 Å². The van der Waals surface area contributed by atoms with Gasteiger partial charge in [-0.15, -0.1) is 0 Å². The summed E-state index contributed by atoms with van der Waals surface area (Å²) in [5.74, 6) is -0.452. The number of hydrogen-bond donors (Lipinski definition) is 0. The van der Waals surface area contributed by atoms with Gasteiger partial charge in [-0.3, -0.25) is 19.8 Å². The zero-order valence-corrected chi connectivity index (χ0v) is 16.3. The van der Waals surface area contributed by atoms with Gasteiger partial charge in [0.1, 0.15) is 0 Å². The first-order valence-electron chi connectivity index (χ1n) is 9.26. The summed E-state index contributed by atoms with van der Waals surface area (Å²) in [5.41, 5.74) is 0.608. The number of ether oxygens (including phenoxy) is 2. The van der Waals surface area contributed by atoms with E-state index < -0.39 is 11.5 Å². The molecule has 0 unspecified atom stereocenters. The molecule has 0 atom stereocenters. The number of carbonyl (C=O) groups is 1. The highest BCUT2D eigenvalue weighted by Crippen LogP contribution is 2.36. The van der Waals surface area contributed by atoms with Gasteiger partial charge in [0.25, 0.3) is 11.6 Å². The number of amides is 1. The first kappa shape index (κ1) is 21.4. The summed E-state index contributed by atoms with van der Waals surface area (Å²) in [6, 6.07) is 11.3. The summed E-state index contributed by atoms with van der Waals surface area (Å²) in [6.45, 7) is -0.911. The molecule has 2 aromatic carbocycles. The Balaban J connectivity index is 1.71. The van der Waals surface area contributed by atoms with E-state index in [2.05, 4.69) is 4.74 Å². The van der Waals surface area contributed by atoms with Crippen LogP contribution in [0.1, 0.15) is 15.9 Å². The van der Waals surface area contributed by atoms with Crippen molar-refractivity contribution >= 4 is 11.6 Å². The van der Waals surface area contributed by atoms with Crippen LogP contribution in [-0.4, -0.2) is 60.5 Å².